The van der Waals surface area contributed by atoms with E-state index in [1.54, 1.807) is 45.7 Å². The first kappa shape index (κ1) is 32.2. The van der Waals surface area contributed by atoms with E-state index < -0.39 is 39.9 Å². The molecule has 1 unspecified atom stereocenters. The smallest absolute Gasteiger partial charge is 0.410 e. The molecule has 2 amide bonds. The maximum Gasteiger partial charge on any atom is 0.410 e. The number of nitrogens with zero attached hydrogens (tertiary/aromatic N) is 2. The highest BCUT2D eigenvalue weighted by Crippen LogP contribution is 2.25. The molecular formula is C30H40FN3O6S. The van der Waals surface area contributed by atoms with Crippen molar-refractivity contribution >= 4 is 27.8 Å². The van der Waals surface area contributed by atoms with Crippen LogP contribution in [0.2, 0.25) is 0 Å². The molecule has 11 heteroatoms. The minimum Gasteiger partial charge on any atom is -0.444 e. The summed E-state index contributed by atoms with van der Waals surface area (Å²) >= 11 is 0. The van der Waals surface area contributed by atoms with Crippen molar-refractivity contribution in [1.82, 2.24) is 14.5 Å². The molecule has 1 saturated heterocycles. The van der Waals surface area contributed by atoms with Crippen LogP contribution in [0.5, 0.6) is 0 Å². The number of Topliss-reactive ketones (excluding diaryl/α,β-unsaturated/α-hetero) is 1. The number of amides is 2. The first-order chi connectivity index (χ1) is 19.1. The van der Waals surface area contributed by atoms with Crippen LogP contribution in [-0.2, 0) is 19.6 Å². The highest BCUT2D eigenvalue weighted by atomic mass is 32.2. The molecule has 0 aromatic heterocycles. The van der Waals surface area contributed by atoms with E-state index in [-0.39, 0.29) is 42.7 Å². The molecule has 0 spiro atoms. The Morgan fingerprint density at radius 3 is 2.46 bits per heavy atom. The number of halogens is 1. The van der Waals surface area contributed by atoms with Gasteiger partial charge in [-0.3, -0.25) is 9.59 Å². The van der Waals surface area contributed by atoms with Gasteiger partial charge in [0, 0.05) is 33.1 Å². The van der Waals surface area contributed by atoms with Gasteiger partial charge in [0.1, 0.15) is 11.4 Å². The Morgan fingerprint density at radius 1 is 1.12 bits per heavy atom. The number of hydrogen-bond acceptors (Lipinski definition) is 6. The number of ether oxygens (including phenoxy) is 1. The maximum atomic E-state index is 14.8. The fourth-order valence-corrected chi connectivity index (χ4v) is 6.05. The van der Waals surface area contributed by atoms with Crippen LogP contribution in [-0.4, -0.2) is 80.6 Å². The third-order valence-corrected chi connectivity index (χ3v) is 8.30. The number of benzene rings is 2. The lowest BCUT2D eigenvalue weighted by atomic mass is 9.98. The number of aryl methyl sites for hydroxylation is 1. The number of carbonyl (C=O) groups excluding carboxylic acids is 3. The number of hydrogen-bond donors (Lipinski definition) is 1. The largest absolute Gasteiger partial charge is 0.444 e. The zero-order valence-corrected chi connectivity index (χ0v) is 25.2. The van der Waals surface area contributed by atoms with Crippen molar-refractivity contribution in [2.24, 2.45) is 5.92 Å². The van der Waals surface area contributed by atoms with Crippen molar-refractivity contribution in [2.45, 2.75) is 52.6 Å². The quantitative estimate of drug-likeness (QED) is 0.411. The van der Waals surface area contributed by atoms with E-state index in [9.17, 15) is 27.2 Å². The molecule has 2 aromatic carbocycles. The number of sulfonamides is 1. The molecule has 0 aliphatic carbocycles. The fourth-order valence-electron chi connectivity index (χ4n) is 4.69. The van der Waals surface area contributed by atoms with Crippen molar-refractivity contribution in [3.05, 3.63) is 59.4 Å². The lowest BCUT2D eigenvalue weighted by Crippen LogP contribution is -2.44. The van der Waals surface area contributed by atoms with Gasteiger partial charge in [0.2, 0.25) is 15.9 Å². The van der Waals surface area contributed by atoms with Crippen LogP contribution in [0.25, 0.3) is 11.1 Å². The summed E-state index contributed by atoms with van der Waals surface area (Å²) in [6.07, 6.45) is 0.831. The van der Waals surface area contributed by atoms with Gasteiger partial charge in [-0.25, -0.2) is 22.3 Å². The number of carbonyl (C=O) groups is 3. The third-order valence-electron chi connectivity index (χ3n) is 6.81. The molecule has 0 saturated carbocycles. The lowest BCUT2D eigenvalue weighted by molar-refractivity contribution is -0.133. The van der Waals surface area contributed by atoms with Gasteiger partial charge in [-0.1, -0.05) is 30.3 Å². The number of ketones is 1. The Kier molecular flexibility index (Phi) is 10.7. The van der Waals surface area contributed by atoms with Crippen molar-refractivity contribution in [3.63, 3.8) is 0 Å². The number of rotatable bonds is 10. The topological polar surface area (TPSA) is 113 Å². The van der Waals surface area contributed by atoms with Gasteiger partial charge in [0.05, 0.1) is 17.9 Å². The lowest BCUT2D eigenvalue weighted by Gasteiger charge is -2.33. The van der Waals surface area contributed by atoms with Crippen molar-refractivity contribution in [2.75, 3.05) is 39.0 Å². The molecule has 3 rings (SSSR count). The Balaban J connectivity index is 1.54. The van der Waals surface area contributed by atoms with Crippen molar-refractivity contribution in [1.29, 1.82) is 0 Å². The minimum absolute atomic E-state index is 0.0923. The van der Waals surface area contributed by atoms with Gasteiger partial charge < -0.3 is 14.5 Å². The summed E-state index contributed by atoms with van der Waals surface area (Å²) in [6, 6.07) is 12.3. The molecule has 2 aromatic rings. The molecule has 1 aliphatic rings. The fraction of sp³-hybridized carbons (Fsp3) is 0.500. The molecule has 224 valence electrons. The minimum atomic E-state index is -3.87. The van der Waals surface area contributed by atoms with E-state index in [0.29, 0.717) is 30.5 Å². The molecule has 1 fully saturated rings. The monoisotopic (exact) mass is 589 g/mol. The summed E-state index contributed by atoms with van der Waals surface area (Å²) in [6.45, 7) is 7.23. The predicted octanol–water partition coefficient (Wildman–Crippen LogP) is 4.40. The summed E-state index contributed by atoms with van der Waals surface area (Å²) in [5.41, 5.74) is 0.969. The molecule has 41 heavy (non-hydrogen) atoms. The summed E-state index contributed by atoms with van der Waals surface area (Å²) in [5.74, 6) is -2.08. The molecule has 0 radical (unpaired) electrons. The second-order valence-corrected chi connectivity index (χ2v) is 13.4. The second-order valence-electron chi connectivity index (χ2n) is 11.5. The maximum absolute atomic E-state index is 14.8. The average molecular weight is 590 g/mol. The first-order valence-electron chi connectivity index (χ1n) is 13.7. The first-order valence-corrected chi connectivity index (χ1v) is 15.4. The van der Waals surface area contributed by atoms with Crippen molar-refractivity contribution in [3.8, 4) is 11.1 Å². The number of likely N-dealkylation sites (tertiary alicyclic amines) is 1. The average Bonchev–Trinajstić information content (AvgIpc) is 2.91. The SMILES string of the molecule is Cc1cc(-c2ccccc2)cc(C(=O)CNS(=O)(=O)CC2CCCN(C(=O)CCN(C)C(=O)OC(C)(C)C)C2)c1F. The third kappa shape index (κ3) is 9.64. The molecule has 1 heterocycles. The van der Waals surface area contributed by atoms with Gasteiger partial charge in [-0.2, -0.15) is 0 Å². The summed E-state index contributed by atoms with van der Waals surface area (Å²) in [7, 11) is -2.31. The van der Waals surface area contributed by atoms with Gasteiger partial charge in [-0.05, 0) is 75.3 Å². The van der Waals surface area contributed by atoms with E-state index in [1.165, 1.54) is 11.0 Å². The molecule has 9 nitrogen and oxygen atoms in total. The van der Waals surface area contributed by atoms with Crippen LogP contribution in [0, 0.1) is 18.7 Å². The highest BCUT2D eigenvalue weighted by molar-refractivity contribution is 7.89. The normalized spacial score (nSPS) is 15.9. The van der Waals surface area contributed by atoms with Gasteiger partial charge in [-0.15, -0.1) is 0 Å². The molecule has 1 aliphatic heterocycles. The second kappa shape index (κ2) is 13.6. The Hall–Kier alpha value is -3.31. The van der Waals surface area contributed by atoms with Gasteiger partial charge >= 0.3 is 6.09 Å². The Labute approximate surface area is 242 Å². The van der Waals surface area contributed by atoms with E-state index in [0.717, 1.165) is 5.56 Å². The van der Waals surface area contributed by atoms with Crippen LogP contribution in [0.4, 0.5) is 9.18 Å². The Bertz CT molecular complexity index is 1360. The van der Waals surface area contributed by atoms with E-state index in [4.69, 9.17) is 4.74 Å². The number of nitrogens with one attached hydrogen (secondary N) is 1. The van der Waals surface area contributed by atoms with Gasteiger partial charge in [0.25, 0.3) is 0 Å². The van der Waals surface area contributed by atoms with E-state index >= 15 is 0 Å². The molecular weight excluding hydrogens is 549 g/mol. The van der Waals surface area contributed by atoms with Gasteiger partial charge in [0.15, 0.2) is 5.78 Å². The van der Waals surface area contributed by atoms with Crippen LogP contribution in [0.3, 0.4) is 0 Å². The summed E-state index contributed by atoms with van der Waals surface area (Å²) in [4.78, 5) is 40.8. The standard InChI is InChI=1S/C30H40FN3O6S/c1-21-16-24(23-11-7-6-8-12-23)17-25(28(21)31)26(35)18-32-41(38,39)20-22-10-9-14-34(19-22)27(36)13-15-33(5)29(37)40-30(2,3)4/h6-8,11-12,16-17,22,32H,9-10,13-15,18-20H2,1-5H3. The van der Waals surface area contributed by atoms with Crippen LogP contribution in [0.1, 0.15) is 56.0 Å². The zero-order valence-electron chi connectivity index (χ0n) is 24.4. The highest BCUT2D eigenvalue weighted by Gasteiger charge is 2.29. The summed E-state index contributed by atoms with van der Waals surface area (Å²) < 4.78 is 48.1. The predicted molar refractivity (Wildman–Crippen MR) is 155 cm³/mol. The van der Waals surface area contributed by atoms with Crippen LogP contribution >= 0.6 is 0 Å². The summed E-state index contributed by atoms with van der Waals surface area (Å²) in [5, 5.41) is 0. The molecule has 1 N–H and O–H groups in total. The molecule has 0 bridgehead atoms. The molecule has 1 atom stereocenters. The zero-order chi connectivity index (χ0) is 30.4. The van der Waals surface area contributed by atoms with E-state index in [1.807, 2.05) is 30.3 Å². The van der Waals surface area contributed by atoms with E-state index in [2.05, 4.69) is 4.72 Å². The van der Waals surface area contributed by atoms with Crippen molar-refractivity contribution < 1.29 is 31.9 Å². The van der Waals surface area contributed by atoms with Crippen LogP contribution < -0.4 is 4.72 Å². The van der Waals surface area contributed by atoms with Crippen LogP contribution in [0.15, 0.2) is 42.5 Å². The number of piperidine rings is 1. The Morgan fingerprint density at radius 2 is 1.80 bits per heavy atom.